The maximum absolute atomic E-state index is 11.9. The van der Waals surface area contributed by atoms with Gasteiger partial charge in [-0.05, 0) is 36.9 Å². The Balaban J connectivity index is 1.69. The van der Waals surface area contributed by atoms with E-state index in [2.05, 4.69) is 20.2 Å². The van der Waals surface area contributed by atoms with Gasteiger partial charge in [-0.1, -0.05) is 19.3 Å². The number of carbonyl (C=O) groups is 2. The zero-order valence-corrected chi connectivity index (χ0v) is 13.4. The fourth-order valence-electron chi connectivity index (χ4n) is 2.49. The summed E-state index contributed by atoms with van der Waals surface area (Å²) in [4.78, 5) is 22.9. The molecule has 0 aromatic rings. The normalized spacial score (nSPS) is 24.1. The Hall–Kier alpha value is -1.24. The van der Waals surface area contributed by atoms with Crippen LogP contribution in [0.1, 0.15) is 51.9 Å². The first-order valence-electron chi connectivity index (χ1n) is 7.61. The van der Waals surface area contributed by atoms with E-state index in [9.17, 15) is 9.59 Å². The van der Waals surface area contributed by atoms with Crippen molar-refractivity contribution in [2.24, 2.45) is 9.57 Å². The summed E-state index contributed by atoms with van der Waals surface area (Å²) in [5.74, 6) is 1.19. The minimum atomic E-state index is -0.322. The smallest absolute Gasteiger partial charge is 0.231 e. The standard InChI is InChI=1S/C14H24N4O2S/c1-11(17-18-21-9-14(20)15-10-21)7-8-13(19)16-12-5-3-2-4-6-12/h12H,2-10H2,1H3,(H,15,20)(H,16,19)/b17-11+. The van der Waals surface area contributed by atoms with E-state index in [0.717, 1.165) is 18.6 Å². The summed E-state index contributed by atoms with van der Waals surface area (Å²) in [6, 6.07) is 0.366. The van der Waals surface area contributed by atoms with Gasteiger partial charge in [0.05, 0.1) is 11.6 Å². The lowest BCUT2D eigenvalue weighted by Gasteiger charge is -2.22. The van der Waals surface area contributed by atoms with Gasteiger partial charge in [-0.15, -0.1) is 4.47 Å². The third kappa shape index (κ3) is 5.95. The summed E-state index contributed by atoms with van der Waals surface area (Å²) in [6.45, 7) is 1.88. The van der Waals surface area contributed by atoms with Gasteiger partial charge in [0.25, 0.3) is 0 Å². The van der Waals surface area contributed by atoms with Crippen LogP contribution in [0.25, 0.3) is 0 Å². The lowest BCUT2D eigenvalue weighted by Crippen LogP contribution is -2.36. The Morgan fingerprint density at radius 1 is 1.33 bits per heavy atom. The fraction of sp³-hybridized carbons (Fsp3) is 0.786. The topological polar surface area (TPSA) is 82.9 Å². The van der Waals surface area contributed by atoms with Crippen LogP contribution >= 0.6 is 0 Å². The molecule has 0 bridgehead atoms. The van der Waals surface area contributed by atoms with Gasteiger partial charge in [-0.25, -0.2) is 0 Å². The van der Waals surface area contributed by atoms with Crippen molar-refractivity contribution in [1.82, 2.24) is 10.6 Å². The molecule has 2 N–H and O–H groups in total. The number of amides is 2. The van der Waals surface area contributed by atoms with Crippen LogP contribution in [0.4, 0.5) is 0 Å². The number of nitrogens with one attached hydrogen (secondary N) is 2. The van der Waals surface area contributed by atoms with Crippen molar-refractivity contribution < 1.29 is 9.59 Å². The SMILES string of the molecule is C/C(CCC(=O)NC1CCCCC1)=N\N=S1\CNC(=O)C1. The minimum Gasteiger partial charge on any atom is -0.353 e. The molecule has 0 aromatic heterocycles. The molecule has 1 saturated heterocycles. The van der Waals surface area contributed by atoms with Gasteiger partial charge in [-0.3, -0.25) is 9.59 Å². The number of carbonyl (C=O) groups excluding carboxylic acids is 2. The molecule has 118 valence electrons. The molecule has 2 aliphatic rings. The number of hydrogen-bond acceptors (Lipinski definition) is 3. The molecule has 0 radical (unpaired) electrons. The molecule has 1 atom stereocenters. The first-order chi connectivity index (χ1) is 10.1. The maximum atomic E-state index is 11.9. The highest BCUT2D eigenvalue weighted by Crippen LogP contribution is 2.17. The molecule has 0 spiro atoms. The van der Waals surface area contributed by atoms with Crippen molar-refractivity contribution in [3.8, 4) is 0 Å². The third-order valence-corrected chi connectivity index (χ3v) is 5.13. The van der Waals surface area contributed by atoms with Crippen LogP contribution in [-0.4, -0.2) is 35.2 Å². The van der Waals surface area contributed by atoms with Gasteiger partial charge in [0.15, 0.2) is 0 Å². The molecule has 1 saturated carbocycles. The van der Waals surface area contributed by atoms with Gasteiger partial charge >= 0.3 is 0 Å². The Bertz CT molecular complexity index is 456. The summed E-state index contributed by atoms with van der Waals surface area (Å²) in [5, 5.41) is 9.98. The Morgan fingerprint density at radius 2 is 2.10 bits per heavy atom. The highest BCUT2D eigenvalue weighted by Gasteiger charge is 2.16. The molecule has 2 rings (SSSR count). The average Bonchev–Trinajstić information content (AvgIpc) is 2.90. The van der Waals surface area contributed by atoms with E-state index in [4.69, 9.17) is 0 Å². The molecule has 1 aliphatic carbocycles. The van der Waals surface area contributed by atoms with Crippen LogP contribution in [0.15, 0.2) is 9.57 Å². The largest absolute Gasteiger partial charge is 0.353 e. The quantitative estimate of drug-likeness (QED) is 0.595. The third-order valence-electron chi connectivity index (χ3n) is 3.74. The zero-order chi connectivity index (χ0) is 15.1. The molecule has 1 unspecified atom stereocenters. The van der Waals surface area contributed by atoms with Crippen molar-refractivity contribution in [2.75, 3.05) is 11.6 Å². The second-order valence-corrected chi connectivity index (χ2v) is 7.34. The molecule has 21 heavy (non-hydrogen) atoms. The van der Waals surface area contributed by atoms with E-state index >= 15 is 0 Å². The van der Waals surface area contributed by atoms with Gasteiger partial charge in [0.1, 0.15) is 0 Å². The molecule has 2 fully saturated rings. The van der Waals surface area contributed by atoms with E-state index in [1.165, 1.54) is 19.3 Å². The Kier molecular flexibility index (Phi) is 6.35. The number of rotatable bonds is 5. The lowest BCUT2D eigenvalue weighted by molar-refractivity contribution is -0.122. The highest BCUT2D eigenvalue weighted by molar-refractivity contribution is 7.88. The van der Waals surface area contributed by atoms with E-state index in [1.54, 1.807) is 0 Å². The van der Waals surface area contributed by atoms with E-state index in [1.807, 2.05) is 6.92 Å². The monoisotopic (exact) mass is 312 g/mol. The van der Waals surface area contributed by atoms with E-state index in [0.29, 0.717) is 30.5 Å². The summed E-state index contributed by atoms with van der Waals surface area (Å²) in [6.07, 6.45) is 7.04. The van der Waals surface area contributed by atoms with Crippen molar-refractivity contribution in [1.29, 1.82) is 0 Å². The molecule has 1 aliphatic heterocycles. The van der Waals surface area contributed by atoms with Gasteiger partial charge in [0, 0.05) is 18.2 Å². The molecular weight excluding hydrogens is 288 g/mol. The zero-order valence-electron chi connectivity index (χ0n) is 12.6. The second kappa shape index (κ2) is 8.26. The first kappa shape index (κ1) is 16.1. The minimum absolute atomic E-state index is 0.0433. The summed E-state index contributed by atoms with van der Waals surface area (Å²) in [7, 11) is -0.322. The second-order valence-electron chi connectivity index (χ2n) is 5.67. The predicted octanol–water partition coefficient (Wildman–Crippen LogP) is 1.48. The molecule has 1 heterocycles. The Labute approximate surface area is 128 Å². The van der Waals surface area contributed by atoms with Gasteiger partial charge in [0.2, 0.25) is 11.8 Å². The van der Waals surface area contributed by atoms with Crippen molar-refractivity contribution >= 4 is 28.2 Å². The van der Waals surface area contributed by atoms with Crippen LogP contribution in [-0.2, 0) is 20.3 Å². The van der Waals surface area contributed by atoms with Crippen molar-refractivity contribution in [3.63, 3.8) is 0 Å². The number of hydrogen-bond donors (Lipinski definition) is 2. The van der Waals surface area contributed by atoms with Crippen LogP contribution in [0.5, 0.6) is 0 Å². The average molecular weight is 312 g/mol. The number of nitrogens with zero attached hydrogens (tertiary/aromatic N) is 2. The molecule has 6 nitrogen and oxygen atoms in total. The lowest BCUT2D eigenvalue weighted by atomic mass is 9.95. The van der Waals surface area contributed by atoms with Crippen LogP contribution in [0.2, 0.25) is 0 Å². The van der Waals surface area contributed by atoms with E-state index < -0.39 is 0 Å². The summed E-state index contributed by atoms with van der Waals surface area (Å²) < 4.78 is 4.17. The van der Waals surface area contributed by atoms with E-state index in [-0.39, 0.29) is 22.5 Å². The fourth-order valence-corrected chi connectivity index (χ4v) is 3.70. The predicted molar refractivity (Wildman–Crippen MR) is 85.0 cm³/mol. The van der Waals surface area contributed by atoms with Crippen LogP contribution < -0.4 is 10.6 Å². The summed E-state index contributed by atoms with van der Waals surface area (Å²) in [5.41, 5.74) is 0.848. The van der Waals surface area contributed by atoms with Crippen molar-refractivity contribution in [3.05, 3.63) is 0 Å². The molecule has 0 aromatic carbocycles. The van der Waals surface area contributed by atoms with Gasteiger partial charge < -0.3 is 10.6 Å². The Morgan fingerprint density at radius 3 is 2.76 bits per heavy atom. The van der Waals surface area contributed by atoms with Gasteiger partial charge in [-0.2, -0.15) is 5.10 Å². The van der Waals surface area contributed by atoms with Crippen LogP contribution in [0, 0.1) is 0 Å². The molecule has 2 amide bonds. The first-order valence-corrected chi connectivity index (χ1v) is 9.13. The molecule has 7 heteroatoms. The maximum Gasteiger partial charge on any atom is 0.231 e. The highest BCUT2D eigenvalue weighted by atomic mass is 32.2. The van der Waals surface area contributed by atoms with Crippen LogP contribution in [0.3, 0.4) is 0 Å². The molecular formula is C14H24N4O2S. The van der Waals surface area contributed by atoms with Crippen molar-refractivity contribution in [2.45, 2.75) is 57.9 Å². The summed E-state index contributed by atoms with van der Waals surface area (Å²) >= 11 is 0.